The number of furan rings is 1. The van der Waals surface area contributed by atoms with Gasteiger partial charge in [0, 0.05) is 11.8 Å². The predicted octanol–water partition coefficient (Wildman–Crippen LogP) is 3.76. The van der Waals surface area contributed by atoms with Crippen molar-refractivity contribution >= 4 is 23.7 Å². The first-order chi connectivity index (χ1) is 11.2. The van der Waals surface area contributed by atoms with Crippen molar-refractivity contribution in [1.82, 2.24) is 10.4 Å². The second-order valence-corrected chi connectivity index (χ2v) is 5.00. The Morgan fingerprint density at radius 3 is 2.74 bits per heavy atom. The van der Waals surface area contributed by atoms with E-state index in [1.165, 1.54) is 6.21 Å². The van der Waals surface area contributed by atoms with Gasteiger partial charge in [-0.1, -0.05) is 29.8 Å². The van der Waals surface area contributed by atoms with Gasteiger partial charge in [0.25, 0.3) is 5.91 Å². The van der Waals surface area contributed by atoms with Crippen LogP contribution in [0.4, 0.5) is 0 Å². The molecule has 0 saturated heterocycles. The molecule has 0 spiro atoms. The molecule has 0 unspecified atom stereocenters. The van der Waals surface area contributed by atoms with Gasteiger partial charge in [-0.3, -0.25) is 9.78 Å². The number of rotatable bonds is 4. The van der Waals surface area contributed by atoms with E-state index in [0.717, 1.165) is 5.56 Å². The number of carbonyl (C=O) groups excluding carboxylic acids is 1. The van der Waals surface area contributed by atoms with Crippen molar-refractivity contribution in [2.24, 2.45) is 5.10 Å². The highest BCUT2D eigenvalue weighted by molar-refractivity contribution is 6.33. The molecule has 2 aromatic heterocycles. The highest BCUT2D eigenvalue weighted by atomic mass is 35.5. The maximum Gasteiger partial charge on any atom is 0.289 e. The Hall–Kier alpha value is -2.92. The lowest BCUT2D eigenvalue weighted by Gasteiger charge is -1.99. The quantitative estimate of drug-likeness (QED) is 0.586. The smallest absolute Gasteiger partial charge is 0.289 e. The monoisotopic (exact) mass is 325 g/mol. The summed E-state index contributed by atoms with van der Waals surface area (Å²) in [6.07, 6.45) is 2.96. The zero-order chi connectivity index (χ0) is 16.1. The van der Waals surface area contributed by atoms with Crippen molar-refractivity contribution in [3.63, 3.8) is 0 Å². The van der Waals surface area contributed by atoms with Gasteiger partial charge in [-0.2, -0.15) is 5.10 Å². The van der Waals surface area contributed by atoms with Gasteiger partial charge in [-0.25, -0.2) is 5.43 Å². The average molecular weight is 326 g/mol. The zero-order valence-corrected chi connectivity index (χ0v) is 12.7. The fraction of sp³-hybridized carbons (Fsp3) is 0. The fourth-order valence-electron chi connectivity index (χ4n) is 1.94. The van der Waals surface area contributed by atoms with Crippen LogP contribution in [0.1, 0.15) is 16.2 Å². The molecule has 0 aliphatic rings. The maximum absolute atomic E-state index is 11.8. The summed E-state index contributed by atoms with van der Waals surface area (Å²) < 4.78 is 5.64. The molecule has 3 aromatic rings. The third-order valence-electron chi connectivity index (χ3n) is 3.02. The first kappa shape index (κ1) is 15.0. The molecular weight excluding hydrogens is 314 g/mol. The van der Waals surface area contributed by atoms with Crippen LogP contribution in [0.2, 0.25) is 5.02 Å². The number of hydrazone groups is 1. The predicted molar refractivity (Wildman–Crippen MR) is 88.5 cm³/mol. The van der Waals surface area contributed by atoms with Gasteiger partial charge in [-0.15, -0.1) is 0 Å². The topological polar surface area (TPSA) is 67.5 Å². The Morgan fingerprint density at radius 2 is 1.96 bits per heavy atom. The fourth-order valence-corrected chi connectivity index (χ4v) is 2.17. The Bertz CT molecular complexity index is 844. The summed E-state index contributed by atoms with van der Waals surface area (Å²) in [5.74, 6) is 0.745. The van der Waals surface area contributed by atoms with Crippen LogP contribution < -0.4 is 5.43 Å². The summed E-state index contributed by atoms with van der Waals surface area (Å²) in [7, 11) is 0. The van der Waals surface area contributed by atoms with Gasteiger partial charge in [0.05, 0.1) is 11.2 Å². The lowest BCUT2D eigenvalue weighted by molar-refractivity contribution is 0.0950. The van der Waals surface area contributed by atoms with Gasteiger partial charge in [0.2, 0.25) is 0 Å². The van der Waals surface area contributed by atoms with Gasteiger partial charge in [0.15, 0.2) is 0 Å². The third kappa shape index (κ3) is 3.64. The van der Waals surface area contributed by atoms with E-state index in [1.807, 2.05) is 18.2 Å². The molecule has 0 aliphatic heterocycles. The summed E-state index contributed by atoms with van der Waals surface area (Å²) >= 11 is 6.12. The normalized spacial score (nSPS) is 10.8. The molecule has 114 valence electrons. The number of nitrogens with zero attached hydrogens (tertiary/aromatic N) is 2. The Morgan fingerprint density at radius 1 is 1.13 bits per heavy atom. The zero-order valence-electron chi connectivity index (χ0n) is 11.9. The molecular formula is C17H12ClN3O2. The molecule has 3 rings (SSSR count). The number of halogens is 1. The van der Waals surface area contributed by atoms with Crippen LogP contribution in [0.15, 0.2) is 70.3 Å². The van der Waals surface area contributed by atoms with Crippen LogP contribution in [0.25, 0.3) is 11.3 Å². The summed E-state index contributed by atoms with van der Waals surface area (Å²) in [6, 6.07) is 16.0. The van der Waals surface area contributed by atoms with Crippen molar-refractivity contribution in [2.75, 3.05) is 0 Å². The van der Waals surface area contributed by atoms with E-state index in [-0.39, 0.29) is 5.91 Å². The van der Waals surface area contributed by atoms with E-state index < -0.39 is 0 Å². The molecule has 0 bridgehead atoms. The highest BCUT2D eigenvalue weighted by Gasteiger charge is 2.07. The van der Waals surface area contributed by atoms with Crippen molar-refractivity contribution in [2.45, 2.75) is 0 Å². The van der Waals surface area contributed by atoms with Crippen molar-refractivity contribution < 1.29 is 9.21 Å². The summed E-state index contributed by atoms with van der Waals surface area (Å²) in [4.78, 5) is 15.7. The van der Waals surface area contributed by atoms with Gasteiger partial charge < -0.3 is 4.42 Å². The summed E-state index contributed by atoms with van der Waals surface area (Å²) in [5.41, 5.74) is 3.48. The number of benzene rings is 1. The second-order valence-electron chi connectivity index (χ2n) is 4.60. The van der Waals surface area contributed by atoms with E-state index in [1.54, 1.807) is 42.6 Å². The number of pyridine rings is 1. The summed E-state index contributed by atoms with van der Waals surface area (Å²) in [5, 5.41) is 4.46. The molecule has 0 radical (unpaired) electrons. The molecule has 0 fully saturated rings. The number of aromatic nitrogens is 1. The Balaban J connectivity index is 1.68. The molecule has 1 aromatic carbocycles. The van der Waals surface area contributed by atoms with Crippen LogP contribution in [0, 0.1) is 0 Å². The minimum atomic E-state index is -0.389. The van der Waals surface area contributed by atoms with Crippen LogP contribution in [-0.4, -0.2) is 17.1 Å². The van der Waals surface area contributed by atoms with Crippen molar-refractivity contribution in [3.05, 3.63) is 77.3 Å². The number of carbonyl (C=O) groups is 1. The van der Waals surface area contributed by atoms with E-state index in [9.17, 15) is 4.79 Å². The number of hydrogen-bond acceptors (Lipinski definition) is 4. The van der Waals surface area contributed by atoms with Crippen LogP contribution in [0.5, 0.6) is 0 Å². The Labute approximate surface area is 137 Å². The standard InChI is InChI=1S/C17H12ClN3O2/c18-14-6-2-1-5-13(14)16-9-8-12(23-16)11-20-21-17(22)15-7-3-4-10-19-15/h1-11H,(H,21,22)/b20-11-. The highest BCUT2D eigenvalue weighted by Crippen LogP contribution is 2.28. The van der Waals surface area contributed by atoms with Gasteiger partial charge >= 0.3 is 0 Å². The average Bonchev–Trinajstić information content (AvgIpc) is 3.04. The minimum Gasteiger partial charge on any atom is -0.455 e. The third-order valence-corrected chi connectivity index (χ3v) is 3.35. The number of nitrogens with one attached hydrogen (secondary N) is 1. The molecule has 5 nitrogen and oxygen atoms in total. The van der Waals surface area contributed by atoms with E-state index in [0.29, 0.717) is 22.2 Å². The van der Waals surface area contributed by atoms with E-state index >= 15 is 0 Å². The lowest BCUT2D eigenvalue weighted by Crippen LogP contribution is -2.18. The molecule has 23 heavy (non-hydrogen) atoms. The number of hydrogen-bond donors (Lipinski definition) is 1. The van der Waals surface area contributed by atoms with Crippen LogP contribution in [0.3, 0.4) is 0 Å². The SMILES string of the molecule is O=C(N/N=C\c1ccc(-c2ccccc2Cl)o1)c1ccccn1. The van der Waals surface area contributed by atoms with Gasteiger partial charge in [-0.05, 0) is 36.4 Å². The molecule has 0 aliphatic carbocycles. The lowest BCUT2D eigenvalue weighted by atomic mass is 10.2. The molecule has 0 atom stereocenters. The van der Waals surface area contributed by atoms with E-state index in [4.69, 9.17) is 16.0 Å². The molecule has 2 heterocycles. The van der Waals surface area contributed by atoms with E-state index in [2.05, 4.69) is 15.5 Å². The van der Waals surface area contributed by atoms with Crippen molar-refractivity contribution in [1.29, 1.82) is 0 Å². The van der Waals surface area contributed by atoms with Gasteiger partial charge in [0.1, 0.15) is 17.2 Å². The first-order valence-corrected chi connectivity index (χ1v) is 7.21. The number of amides is 1. The first-order valence-electron chi connectivity index (χ1n) is 6.83. The van der Waals surface area contributed by atoms with Crippen molar-refractivity contribution in [3.8, 4) is 11.3 Å². The summed E-state index contributed by atoms with van der Waals surface area (Å²) in [6.45, 7) is 0. The molecule has 6 heteroatoms. The molecule has 1 amide bonds. The Kier molecular flexibility index (Phi) is 4.49. The van der Waals surface area contributed by atoms with Crippen LogP contribution in [-0.2, 0) is 0 Å². The minimum absolute atomic E-state index is 0.292. The molecule has 1 N–H and O–H groups in total. The van der Waals surface area contributed by atoms with Crippen LogP contribution >= 0.6 is 11.6 Å². The molecule has 0 saturated carbocycles. The maximum atomic E-state index is 11.8. The second kappa shape index (κ2) is 6.89. The largest absolute Gasteiger partial charge is 0.455 e.